The molecule has 1 aliphatic rings. The molecular weight excluding hydrogens is 324 g/mol. The Morgan fingerprint density at radius 2 is 2.00 bits per heavy atom. The molecule has 0 spiro atoms. The number of nitrogens with zero attached hydrogens (tertiary/aromatic N) is 4. The van der Waals surface area contributed by atoms with Gasteiger partial charge in [0, 0.05) is 44.1 Å². The highest BCUT2D eigenvalue weighted by atomic mass is 16.2. The fourth-order valence-electron chi connectivity index (χ4n) is 2.86. The number of H-pyrrole nitrogens is 1. The molecule has 0 saturated carbocycles. The van der Waals surface area contributed by atoms with E-state index >= 15 is 0 Å². The van der Waals surface area contributed by atoms with E-state index in [9.17, 15) is 14.4 Å². The van der Waals surface area contributed by atoms with Crippen LogP contribution in [0.2, 0.25) is 0 Å². The molecule has 132 valence electrons. The molecule has 1 saturated heterocycles. The fourth-order valence-corrected chi connectivity index (χ4v) is 2.86. The molecule has 2 aromatic rings. The van der Waals surface area contributed by atoms with Crippen LogP contribution in [0.3, 0.4) is 0 Å². The molecule has 3 heterocycles. The summed E-state index contributed by atoms with van der Waals surface area (Å²) in [5.74, 6) is 0.417. The molecule has 0 aromatic carbocycles. The summed E-state index contributed by atoms with van der Waals surface area (Å²) >= 11 is 0. The van der Waals surface area contributed by atoms with Gasteiger partial charge < -0.3 is 15.2 Å². The molecule has 0 bridgehead atoms. The maximum atomic E-state index is 12.5. The molecule has 2 aromatic heterocycles. The van der Waals surface area contributed by atoms with Gasteiger partial charge in [-0.2, -0.15) is 0 Å². The van der Waals surface area contributed by atoms with Gasteiger partial charge in [0.25, 0.3) is 11.5 Å². The van der Waals surface area contributed by atoms with Crippen LogP contribution in [0.1, 0.15) is 28.9 Å². The van der Waals surface area contributed by atoms with E-state index in [4.69, 9.17) is 0 Å². The Labute approximate surface area is 143 Å². The topological polar surface area (TPSA) is 113 Å². The number of rotatable bonds is 3. The number of nitrogens with one attached hydrogen (secondary N) is 2. The number of aromatic amines is 1. The average molecular weight is 344 g/mol. The maximum Gasteiger partial charge on any atom is 0.328 e. The summed E-state index contributed by atoms with van der Waals surface area (Å²) in [6, 6.07) is 2.08. The number of piperidine rings is 1. The molecule has 0 radical (unpaired) electrons. The number of hydrogen-bond donors (Lipinski definition) is 2. The van der Waals surface area contributed by atoms with Crippen LogP contribution in [-0.2, 0) is 7.05 Å². The van der Waals surface area contributed by atoms with Gasteiger partial charge in [-0.1, -0.05) is 0 Å². The number of hydrogen-bond acceptors (Lipinski definition) is 6. The van der Waals surface area contributed by atoms with E-state index in [1.807, 2.05) is 13.0 Å². The second-order valence-corrected chi connectivity index (χ2v) is 6.13. The van der Waals surface area contributed by atoms with Crippen LogP contribution in [0.4, 0.5) is 5.82 Å². The lowest BCUT2D eigenvalue weighted by molar-refractivity contribution is 0.0715. The van der Waals surface area contributed by atoms with Crippen molar-refractivity contribution in [1.82, 2.24) is 24.4 Å². The summed E-state index contributed by atoms with van der Waals surface area (Å²) in [7, 11) is 1.35. The number of aromatic nitrogens is 4. The van der Waals surface area contributed by atoms with Crippen molar-refractivity contribution < 1.29 is 4.79 Å². The van der Waals surface area contributed by atoms with Crippen molar-refractivity contribution in [3.63, 3.8) is 0 Å². The van der Waals surface area contributed by atoms with E-state index in [2.05, 4.69) is 20.3 Å². The van der Waals surface area contributed by atoms with Crippen LogP contribution in [0.5, 0.6) is 0 Å². The largest absolute Gasteiger partial charge is 0.367 e. The first-order chi connectivity index (χ1) is 12.0. The monoisotopic (exact) mass is 344 g/mol. The Hall–Kier alpha value is -2.97. The van der Waals surface area contributed by atoms with Crippen LogP contribution in [-0.4, -0.2) is 49.5 Å². The molecule has 9 nitrogen and oxygen atoms in total. The summed E-state index contributed by atoms with van der Waals surface area (Å²) in [5, 5.41) is 3.35. The zero-order valence-corrected chi connectivity index (χ0v) is 14.2. The minimum absolute atomic E-state index is 0.0139. The van der Waals surface area contributed by atoms with Gasteiger partial charge in [0.1, 0.15) is 17.7 Å². The number of carbonyl (C=O) groups excluding carboxylic acids is 1. The lowest BCUT2D eigenvalue weighted by Crippen LogP contribution is -2.45. The molecule has 0 aliphatic carbocycles. The van der Waals surface area contributed by atoms with Crippen molar-refractivity contribution in [3.8, 4) is 0 Å². The highest BCUT2D eigenvalue weighted by molar-refractivity contribution is 5.93. The first-order valence-electron chi connectivity index (χ1n) is 8.09. The number of anilines is 1. The predicted octanol–water partition coefficient (Wildman–Crippen LogP) is -0.111. The molecule has 25 heavy (non-hydrogen) atoms. The minimum atomic E-state index is -0.578. The van der Waals surface area contributed by atoms with Crippen molar-refractivity contribution in [2.24, 2.45) is 7.05 Å². The molecule has 1 aliphatic heterocycles. The predicted molar refractivity (Wildman–Crippen MR) is 91.6 cm³/mol. The number of carbonyl (C=O) groups is 1. The molecule has 9 heteroatoms. The van der Waals surface area contributed by atoms with Gasteiger partial charge in [-0.15, -0.1) is 0 Å². The third-order valence-electron chi connectivity index (χ3n) is 4.35. The van der Waals surface area contributed by atoms with E-state index in [1.54, 1.807) is 4.90 Å². The van der Waals surface area contributed by atoms with E-state index in [0.29, 0.717) is 13.1 Å². The van der Waals surface area contributed by atoms with Gasteiger partial charge in [0.2, 0.25) is 0 Å². The van der Waals surface area contributed by atoms with Crippen LogP contribution < -0.4 is 16.6 Å². The fraction of sp³-hybridized carbons (Fsp3) is 0.438. The second kappa shape index (κ2) is 6.88. The van der Waals surface area contributed by atoms with Gasteiger partial charge in [-0.05, 0) is 19.8 Å². The quantitative estimate of drug-likeness (QED) is 0.803. The van der Waals surface area contributed by atoms with Gasteiger partial charge in [0.15, 0.2) is 0 Å². The highest BCUT2D eigenvalue weighted by Crippen LogP contribution is 2.16. The van der Waals surface area contributed by atoms with Crippen molar-refractivity contribution in [2.45, 2.75) is 25.8 Å². The Bertz CT molecular complexity index is 895. The third kappa shape index (κ3) is 3.59. The minimum Gasteiger partial charge on any atom is -0.367 e. The maximum absolute atomic E-state index is 12.5. The molecule has 1 amide bonds. The standard InChI is InChI=1S/C16H20N6O3/c1-10-7-13(19-9-18-10)20-11-3-5-22(6-4-11)15(24)12-8-17-16(25)21(2)14(12)23/h7-9,11H,3-6H2,1-2H3,(H,17,25)(H,18,19,20). The first-order valence-corrected chi connectivity index (χ1v) is 8.09. The van der Waals surface area contributed by atoms with E-state index < -0.39 is 11.2 Å². The average Bonchev–Trinajstić information content (AvgIpc) is 2.60. The Balaban J connectivity index is 1.64. The smallest absolute Gasteiger partial charge is 0.328 e. The molecule has 1 fully saturated rings. The molecular formula is C16H20N6O3. The van der Waals surface area contributed by atoms with Crippen LogP contribution in [0.15, 0.2) is 28.2 Å². The van der Waals surface area contributed by atoms with Crippen LogP contribution in [0, 0.1) is 6.92 Å². The Morgan fingerprint density at radius 3 is 2.68 bits per heavy atom. The SMILES string of the molecule is Cc1cc(NC2CCN(C(=O)c3c[nH]c(=O)n(C)c3=O)CC2)ncn1. The van der Waals surface area contributed by atoms with Gasteiger partial charge in [0.05, 0.1) is 0 Å². The Kier molecular flexibility index (Phi) is 4.64. The zero-order valence-electron chi connectivity index (χ0n) is 14.2. The summed E-state index contributed by atoms with van der Waals surface area (Å²) < 4.78 is 0.902. The van der Waals surface area contributed by atoms with E-state index in [1.165, 1.54) is 19.6 Å². The summed E-state index contributed by atoms with van der Waals surface area (Å²) in [6.45, 7) is 2.96. The summed E-state index contributed by atoms with van der Waals surface area (Å²) in [4.78, 5) is 48.3. The van der Waals surface area contributed by atoms with Crippen molar-refractivity contribution >= 4 is 11.7 Å². The summed E-state index contributed by atoms with van der Waals surface area (Å²) in [5.41, 5.74) is -0.242. The van der Waals surface area contributed by atoms with Gasteiger partial charge in [-0.25, -0.2) is 14.8 Å². The normalized spacial score (nSPS) is 15.2. The van der Waals surface area contributed by atoms with Crippen LogP contribution >= 0.6 is 0 Å². The highest BCUT2D eigenvalue weighted by Gasteiger charge is 2.26. The number of likely N-dealkylation sites (tertiary alicyclic amines) is 1. The van der Waals surface area contributed by atoms with E-state index in [0.717, 1.165) is 28.9 Å². The number of aryl methyl sites for hydroxylation is 1. The van der Waals surface area contributed by atoms with Crippen molar-refractivity contribution in [3.05, 3.63) is 50.7 Å². The van der Waals surface area contributed by atoms with E-state index in [-0.39, 0.29) is 17.5 Å². The second-order valence-electron chi connectivity index (χ2n) is 6.13. The van der Waals surface area contributed by atoms with Crippen molar-refractivity contribution in [1.29, 1.82) is 0 Å². The zero-order chi connectivity index (χ0) is 18.0. The van der Waals surface area contributed by atoms with Crippen molar-refractivity contribution in [2.75, 3.05) is 18.4 Å². The number of amides is 1. The lowest BCUT2D eigenvalue weighted by atomic mass is 10.0. The molecule has 0 unspecified atom stereocenters. The van der Waals surface area contributed by atoms with Crippen LogP contribution in [0.25, 0.3) is 0 Å². The molecule has 2 N–H and O–H groups in total. The third-order valence-corrected chi connectivity index (χ3v) is 4.35. The Morgan fingerprint density at radius 1 is 1.28 bits per heavy atom. The molecule has 3 rings (SSSR count). The summed E-state index contributed by atoms with van der Waals surface area (Å²) in [6.07, 6.45) is 4.21. The van der Waals surface area contributed by atoms with Gasteiger partial charge >= 0.3 is 5.69 Å². The first kappa shape index (κ1) is 16.9. The lowest BCUT2D eigenvalue weighted by Gasteiger charge is -2.32. The van der Waals surface area contributed by atoms with Gasteiger partial charge in [-0.3, -0.25) is 14.2 Å². The molecule has 0 atom stereocenters.